The zero-order valence-corrected chi connectivity index (χ0v) is 14.8. The minimum Gasteiger partial charge on any atom is -0.464 e. The van der Waals surface area contributed by atoms with Crippen LogP contribution in [0.1, 0.15) is 24.0 Å². The summed E-state index contributed by atoms with van der Waals surface area (Å²) in [5.74, 6) is -0.692. The molecule has 0 saturated carbocycles. The van der Waals surface area contributed by atoms with Gasteiger partial charge in [0.2, 0.25) is 12.2 Å². The van der Waals surface area contributed by atoms with Crippen LogP contribution in [-0.4, -0.2) is 32.3 Å². The molecule has 0 bridgehead atoms. The number of imide groups is 1. The van der Waals surface area contributed by atoms with Crippen LogP contribution in [0.2, 0.25) is 0 Å². The highest BCUT2D eigenvalue weighted by Crippen LogP contribution is 2.56. The molecular formula is C20H19NO5. The summed E-state index contributed by atoms with van der Waals surface area (Å²) in [6.07, 6.45) is -0.712. The first-order valence-corrected chi connectivity index (χ1v) is 8.34. The maximum Gasteiger partial charge on any atom is 0.271 e. The third kappa shape index (κ3) is 2.00. The van der Waals surface area contributed by atoms with Crippen molar-refractivity contribution < 1.29 is 23.8 Å². The second-order valence-corrected chi connectivity index (χ2v) is 6.35. The molecule has 26 heavy (non-hydrogen) atoms. The van der Waals surface area contributed by atoms with E-state index >= 15 is 0 Å². The first-order valence-electron chi connectivity index (χ1n) is 8.34. The van der Waals surface area contributed by atoms with Crippen molar-refractivity contribution in [3.8, 4) is 5.75 Å². The van der Waals surface area contributed by atoms with E-state index < -0.39 is 23.7 Å². The normalized spacial score (nSPS) is 26.4. The van der Waals surface area contributed by atoms with E-state index in [4.69, 9.17) is 14.2 Å². The molecule has 2 aromatic carbocycles. The van der Waals surface area contributed by atoms with Crippen molar-refractivity contribution in [2.75, 3.05) is 19.1 Å². The lowest BCUT2D eigenvalue weighted by atomic mass is 9.78. The molecule has 0 spiro atoms. The molecule has 0 N–H and O–H groups in total. The van der Waals surface area contributed by atoms with Crippen molar-refractivity contribution >= 4 is 17.5 Å². The molecular weight excluding hydrogens is 334 g/mol. The summed E-state index contributed by atoms with van der Waals surface area (Å²) >= 11 is 0. The predicted octanol–water partition coefficient (Wildman–Crippen LogP) is 2.57. The van der Waals surface area contributed by atoms with Gasteiger partial charge in [0.15, 0.2) is 5.60 Å². The summed E-state index contributed by atoms with van der Waals surface area (Å²) in [5.41, 5.74) is 0.575. The third-order valence-electron chi connectivity index (χ3n) is 5.14. The molecule has 3 atom stereocenters. The molecule has 0 saturated heterocycles. The van der Waals surface area contributed by atoms with Gasteiger partial charge in [0.25, 0.3) is 5.91 Å². The number of carbonyl (C=O) groups is 2. The molecule has 2 heterocycles. The van der Waals surface area contributed by atoms with E-state index in [-0.39, 0.29) is 5.91 Å². The summed E-state index contributed by atoms with van der Waals surface area (Å²) in [4.78, 5) is 26.9. The second-order valence-electron chi connectivity index (χ2n) is 6.35. The summed E-state index contributed by atoms with van der Waals surface area (Å²) in [7, 11) is 3.01. The van der Waals surface area contributed by atoms with E-state index in [1.807, 2.05) is 36.4 Å². The molecule has 2 aliphatic heterocycles. The SMILES string of the molecule is CO[C@H]1Oc2ccccc2[C@@H]1[C@]1(OC)C(=O)N(C(C)=O)c2ccccc21. The number of nitrogens with zero attached hydrogens (tertiary/aromatic N) is 1. The van der Waals surface area contributed by atoms with Crippen molar-refractivity contribution in [2.24, 2.45) is 0 Å². The summed E-state index contributed by atoms with van der Waals surface area (Å²) in [6.45, 7) is 1.37. The summed E-state index contributed by atoms with van der Waals surface area (Å²) in [5, 5.41) is 0. The van der Waals surface area contributed by atoms with Crippen LogP contribution >= 0.6 is 0 Å². The van der Waals surface area contributed by atoms with Gasteiger partial charge in [-0.25, -0.2) is 4.90 Å². The third-order valence-corrected chi connectivity index (χ3v) is 5.14. The molecule has 4 rings (SSSR count). The van der Waals surface area contributed by atoms with Crippen LogP contribution in [0.4, 0.5) is 5.69 Å². The molecule has 2 amide bonds. The minimum atomic E-state index is -1.41. The quantitative estimate of drug-likeness (QED) is 0.849. The molecule has 2 aliphatic rings. The predicted molar refractivity (Wildman–Crippen MR) is 93.9 cm³/mol. The highest BCUT2D eigenvalue weighted by atomic mass is 16.7. The van der Waals surface area contributed by atoms with E-state index in [2.05, 4.69) is 0 Å². The first kappa shape index (κ1) is 16.8. The Morgan fingerprint density at radius 1 is 1.12 bits per heavy atom. The van der Waals surface area contributed by atoms with Gasteiger partial charge in [-0.15, -0.1) is 0 Å². The molecule has 0 aliphatic carbocycles. The van der Waals surface area contributed by atoms with E-state index in [0.717, 1.165) is 5.56 Å². The number of rotatable bonds is 3. The van der Waals surface area contributed by atoms with Crippen LogP contribution in [0, 0.1) is 0 Å². The smallest absolute Gasteiger partial charge is 0.271 e. The Balaban J connectivity index is 1.99. The highest BCUT2D eigenvalue weighted by Gasteiger charge is 2.62. The summed E-state index contributed by atoms with van der Waals surface area (Å²) < 4.78 is 17.3. The van der Waals surface area contributed by atoms with Gasteiger partial charge in [-0.05, 0) is 12.1 Å². The topological polar surface area (TPSA) is 65.1 Å². The maximum absolute atomic E-state index is 13.5. The van der Waals surface area contributed by atoms with Gasteiger partial charge in [-0.1, -0.05) is 36.4 Å². The Morgan fingerprint density at radius 2 is 1.81 bits per heavy atom. The number of fused-ring (bicyclic) bond motifs is 2. The molecule has 2 aromatic rings. The van der Waals surface area contributed by atoms with Crippen LogP contribution in [0.15, 0.2) is 48.5 Å². The standard InChI is InChI=1S/C20H19NO5/c1-12(22)21-15-10-6-5-9-14(15)20(25-3,19(21)23)17-13-8-4-7-11-16(13)26-18(17)24-2/h4-11,17-18H,1-3H3/t17-,18-,20-/m0/s1. The van der Waals surface area contributed by atoms with Crippen molar-refractivity contribution in [1.29, 1.82) is 0 Å². The Labute approximate surface area is 151 Å². The number of benzene rings is 2. The van der Waals surface area contributed by atoms with Crippen molar-refractivity contribution in [3.05, 3.63) is 59.7 Å². The van der Waals surface area contributed by atoms with Crippen LogP contribution in [-0.2, 0) is 24.7 Å². The average Bonchev–Trinajstić information content (AvgIpc) is 3.14. The lowest BCUT2D eigenvalue weighted by Gasteiger charge is -2.34. The molecule has 0 radical (unpaired) electrons. The lowest BCUT2D eigenvalue weighted by Crippen LogP contribution is -2.50. The molecule has 6 nitrogen and oxygen atoms in total. The number of hydrogen-bond donors (Lipinski definition) is 0. The monoisotopic (exact) mass is 353 g/mol. The number of ether oxygens (including phenoxy) is 3. The molecule has 0 fully saturated rings. The fraction of sp³-hybridized carbons (Fsp3) is 0.300. The zero-order valence-electron chi connectivity index (χ0n) is 14.8. The number of carbonyl (C=O) groups excluding carboxylic acids is 2. The van der Waals surface area contributed by atoms with Gasteiger partial charge in [0.1, 0.15) is 5.75 Å². The summed E-state index contributed by atoms with van der Waals surface area (Å²) in [6, 6.07) is 14.6. The Hall–Kier alpha value is -2.70. The van der Waals surface area contributed by atoms with Gasteiger partial charge in [-0.2, -0.15) is 0 Å². The fourth-order valence-electron chi connectivity index (χ4n) is 4.09. The van der Waals surface area contributed by atoms with Gasteiger partial charge >= 0.3 is 0 Å². The van der Waals surface area contributed by atoms with Crippen molar-refractivity contribution in [3.63, 3.8) is 0 Å². The maximum atomic E-state index is 13.5. The van der Waals surface area contributed by atoms with E-state index in [0.29, 0.717) is 17.0 Å². The highest BCUT2D eigenvalue weighted by molar-refractivity contribution is 6.22. The molecule has 6 heteroatoms. The van der Waals surface area contributed by atoms with Crippen molar-refractivity contribution in [2.45, 2.75) is 24.7 Å². The van der Waals surface area contributed by atoms with Gasteiger partial charge < -0.3 is 14.2 Å². The largest absolute Gasteiger partial charge is 0.464 e. The number of hydrogen-bond acceptors (Lipinski definition) is 5. The van der Waals surface area contributed by atoms with Crippen LogP contribution < -0.4 is 9.64 Å². The van der Waals surface area contributed by atoms with Crippen LogP contribution in [0.3, 0.4) is 0 Å². The number of amides is 2. The Bertz CT molecular complexity index is 895. The van der Waals surface area contributed by atoms with Crippen molar-refractivity contribution in [1.82, 2.24) is 0 Å². The zero-order chi connectivity index (χ0) is 18.5. The second kappa shape index (κ2) is 5.93. The van der Waals surface area contributed by atoms with Crippen LogP contribution in [0.5, 0.6) is 5.75 Å². The Kier molecular flexibility index (Phi) is 3.82. The number of para-hydroxylation sites is 2. The van der Waals surface area contributed by atoms with Gasteiger partial charge in [0.05, 0.1) is 11.6 Å². The van der Waals surface area contributed by atoms with E-state index in [1.165, 1.54) is 26.0 Å². The molecule has 0 aromatic heterocycles. The Morgan fingerprint density at radius 3 is 2.50 bits per heavy atom. The van der Waals surface area contributed by atoms with E-state index in [9.17, 15) is 9.59 Å². The fourth-order valence-corrected chi connectivity index (χ4v) is 4.09. The lowest BCUT2D eigenvalue weighted by molar-refractivity contribution is -0.159. The van der Waals surface area contributed by atoms with E-state index in [1.54, 1.807) is 12.1 Å². The molecule has 134 valence electrons. The number of methoxy groups -OCH3 is 2. The van der Waals surface area contributed by atoms with Crippen LogP contribution in [0.25, 0.3) is 0 Å². The number of anilines is 1. The van der Waals surface area contributed by atoms with Gasteiger partial charge in [-0.3, -0.25) is 9.59 Å². The minimum absolute atomic E-state index is 0.359. The average molecular weight is 353 g/mol. The van der Waals surface area contributed by atoms with Gasteiger partial charge in [0, 0.05) is 32.3 Å². The molecule has 0 unspecified atom stereocenters. The first-order chi connectivity index (χ1) is 12.6.